The maximum absolute atomic E-state index is 12.8. The lowest BCUT2D eigenvalue weighted by molar-refractivity contribution is -0.870. The summed E-state index contributed by atoms with van der Waals surface area (Å²) < 4.78 is 22.7. The van der Waals surface area contributed by atoms with Gasteiger partial charge < -0.3 is 28.5 Å². The van der Waals surface area contributed by atoms with Gasteiger partial charge in [0.2, 0.25) is 0 Å². The van der Waals surface area contributed by atoms with Crippen LogP contribution in [0.3, 0.4) is 0 Å². The molecule has 9 nitrogen and oxygen atoms in total. The van der Waals surface area contributed by atoms with Crippen LogP contribution in [0.4, 0.5) is 0 Å². The van der Waals surface area contributed by atoms with E-state index in [4.69, 9.17) is 18.9 Å². The quantitative estimate of drug-likeness (QED) is 0.0211. The van der Waals surface area contributed by atoms with Crippen molar-refractivity contribution in [2.45, 2.75) is 200 Å². The lowest BCUT2D eigenvalue weighted by Gasteiger charge is -2.25. The molecule has 0 saturated carbocycles. The van der Waals surface area contributed by atoms with Crippen molar-refractivity contribution in [1.82, 2.24) is 0 Å². The van der Waals surface area contributed by atoms with E-state index in [1.807, 2.05) is 21.1 Å². The van der Waals surface area contributed by atoms with Gasteiger partial charge in [-0.1, -0.05) is 212 Å². The van der Waals surface area contributed by atoms with Crippen LogP contribution >= 0.6 is 0 Å². The zero-order valence-corrected chi connectivity index (χ0v) is 46.0. The van der Waals surface area contributed by atoms with Crippen LogP contribution in [0.15, 0.2) is 134 Å². The fourth-order valence-electron chi connectivity index (χ4n) is 6.90. The summed E-state index contributed by atoms with van der Waals surface area (Å²) in [5.74, 6) is -2.07. The molecule has 2 unspecified atom stereocenters. The van der Waals surface area contributed by atoms with Gasteiger partial charge in [-0.2, -0.15) is 0 Å². The molecule has 72 heavy (non-hydrogen) atoms. The summed E-state index contributed by atoms with van der Waals surface area (Å²) in [4.78, 5) is 37.2. The van der Waals surface area contributed by atoms with Crippen molar-refractivity contribution >= 4 is 17.9 Å². The van der Waals surface area contributed by atoms with Crippen molar-refractivity contribution in [2.24, 2.45) is 0 Å². The number of likely N-dealkylation sites (N-methyl/N-ethyl adjacent to an activating group) is 1. The highest BCUT2D eigenvalue weighted by molar-refractivity contribution is 5.71. The SMILES string of the molecule is CC/C=C\C/C=C\C/C=C\C/C=C\C/C=C\C/C=C\C/C=C\C/C=C\C/C=C\C/C=C\C/C=C\CCCCCC(=O)OC(COC(=O)CCCCCCCCCCCC)COC(OCC[N+](C)(C)C)C(=O)O. The van der Waals surface area contributed by atoms with Crippen molar-refractivity contribution in [3.8, 4) is 0 Å². The highest BCUT2D eigenvalue weighted by Crippen LogP contribution is 2.13. The van der Waals surface area contributed by atoms with Crippen LogP contribution in [-0.2, 0) is 33.3 Å². The number of carboxylic acid groups (broad SMARTS) is 1. The monoisotopic (exact) mass is 1000 g/mol. The average Bonchev–Trinajstić information content (AvgIpc) is 3.35. The minimum absolute atomic E-state index is 0.175. The normalized spacial score (nSPS) is 13.8. The number of hydrogen-bond donors (Lipinski definition) is 1. The summed E-state index contributed by atoms with van der Waals surface area (Å²) in [6.07, 6.45) is 72.6. The van der Waals surface area contributed by atoms with Gasteiger partial charge >= 0.3 is 17.9 Å². The van der Waals surface area contributed by atoms with Gasteiger partial charge in [0.15, 0.2) is 6.10 Å². The van der Waals surface area contributed by atoms with Crippen molar-refractivity contribution in [3.63, 3.8) is 0 Å². The number of quaternary nitrogens is 1. The summed E-state index contributed by atoms with van der Waals surface area (Å²) in [6.45, 7) is 4.67. The molecule has 0 saturated heterocycles. The molecule has 0 radical (unpaired) electrons. The van der Waals surface area contributed by atoms with Crippen LogP contribution < -0.4 is 0 Å². The van der Waals surface area contributed by atoms with Gasteiger partial charge in [-0.25, -0.2) is 4.79 Å². The number of unbranched alkanes of at least 4 members (excludes halogenated alkanes) is 12. The zero-order chi connectivity index (χ0) is 52.7. The molecule has 9 heteroatoms. The van der Waals surface area contributed by atoms with Crippen LogP contribution in [0.1, 0.15) is 187 Å². The van der Waals surface area contributed by atoms with Crippen LogP contribution in [-0.4, -0.2) is 87.4 Å². The minimum atomic E-state index is -1.52. The van der Waals surface area contributed by atoms with Crippen LogP contribution in [0.5, 0.6) is 0 Å². The first-order chi connectivity index (χ1) is 35.1. The highest BCUT2D eigenvalue weighted by atomic mass is 16.7. The van der Waals surface area contributed by atoms with Crippen molar-refractivity contribution in [2.75, 3.05) is 47.5 Å². The molecule has 0 amide bonds. The second-order valence-electron chi connectivity index (χ2n) is 19.2. The Morgan fingerprint density at radius 2 is 0.792 bits per heavy atom. The van der Waals surface area contributed by atoms with E-state index in [1.54, 1.807) is 0 Å². The molecule has 0 aliphatic rings. The van der Waals surface area contributed by atoms with Crippen molar-refractivity contribution in [3.05, 3.63) is 134 Å². The Bertz CT molecular complexity index is 1640. The van der Waals surface area contributed by atoms with Gasteiger partial charge in [-0.05, 0) is 96.3 Å². The predicted molar refractivity (Wildman–Crippen MR) is 304 cm³/mol. The highest BCUT2D eigenvalue weighted by Gasteiger charge is 2.25. The first-order valence-corrected chi connectivity index (χ1v) is 27.8. The second-order valence-corrected chi connectivity index (χ2v) is 19.2. The van der Waals surface area contributed by atoms with E-state index < -0.39 is 24.3 Å². The predicted octanol–water partition coefficient (Wildman–Crippen LogP) is 16.3. The largest absolute Gasteiger partial charge is 0.477 e. The Hall–Kier alpha value is -4.57. The molecule has 0 aliphatic carbocycles. The summed E-state index contributed by atoms with van der Waals surface area (Å²) in [7, 11) is 5.94. The van der Waals surface area contributed by atoms with E-state index in [9.17, 15) is 19.5 Å². The van der Waals surface area contributed by atoms with Crippen molar-refractivity contribution in [1.29, 1.82) is 0 Å². The Morgan fingerprint density at radius 3 is 1.18 bits per heavy atom. The van der Waals surface area contributed by atoms with Crippen LogP contribution in [0.25, 0.3) is 0 Å². The van der Waals surface area contributed by atoms with E-state index in [0.717, 1.165) is 109 Å². The number of aliphatic carboxylic acids is 1. The number of ether oxygens (including phenoxy) is 4. The Morgan fingerprint density at radius 1 is 0.431 bits per heavy atom. The molecule has 0 spiro atoms. The molecular formula is C63H102NO8+. The lowest BCUT2D eigenvalue weighted by atomic mass is 10.1. The Labute approximate surface area is 439 Å². The molecule has 0 aromatic carbocycles. The molecule has 2 atom stereocenters. The number of hydrogen-bond acceptors (Lipinski definition) is 7. The van der Waals surface area contributed by atoms with Gasteiger partial charge in [-0.15, -0.1) is 0 Å². The smallest absolute Gasteiger partial charge is 0.361 e. The molecular weight excluding hydrogens is 899 g/mol. The third-order valence-electron chi connectivity index (χ3n) is 11.2. The number of carbonyl (C=O) groups is 3. The van der Waals surface area contributed by atoms with Gasteiger partial charge in [0.05, 0.1) is 34.4 Å². The standard InChI is InChI=1S/C63H101NO8/c1-6-8-10-12-14-16-18-19-20-21-22-23-24-25-26-27-28-29-30-31-32-33-34-35-36-37-38-39-40-41-42-43-44-46-48-50-52-54-61(66)72-59(58-71-63(62(67)68)69-56-55-64(3,4)5)57-70-60(65)53-51-49-47-45-17-15-13-11-9-7-2/h8,10,14,16,19-20,22-23,25-26,28-29,31-32,34-35,37-38,40-41,43-44,59,63H,6-7,9,11-13,15,17-18,21,24,27,30,33,36,39,42,45-58H2,1-5H3/p+1/b10-8-,16-14-,20-19-,23-22-,26-25-,29-28-,32-31-,35-34-,38-37-,41-40-,44-43-. The van der Waals surface area contributed by atoms with Crippen LogP contribution in [0, 0.1) is 0 Å². The van der Waals surface area contributed by atoms with Gasteiger partial charge in [-0.3, -0.25) is 9.59 Å². The number of allylic oxidation sites excluding steroid dienone is 22. The number of esters is 2. The Kier molecular flexibility index (Phi) is 49.4. The van der Waals surface area contributed by atoms with Gasteiger partial charge in [0.1, 0.15) is 13.2 Å². The van der Waals surface area contributed by atoms with Gasteiger partial charge in [0.25, 0.3) is 6.29 Å². The Balaban J connectivity index is 4.27. The molecule has 0 fully saturated rings. The van der Waals surface area contributed by atoms with E-state index in [2.05, 4.69) is 148 Å². The third-order valence-corrected chi connectivity index (χ3v) is 11.2. The molecule has 0 aromatic rings. The van der Waals surface area contributed by atoms with E-state index >= 15 is 0 Å². The molecule has 0 aromatic heterocycles. The summed E-state index contributed by atoms with van der Waals surface area (Å²) in [6, 6.07) is 0. The molecule has 0 aliphatic heterocycles. The number of rotatable bonds is 49. The van der Waals surface area contributed by atoms with Crippen LogP contribution in [0.2, 0.25) is 0 Å². The molecule has 1 N–H and O–H groups in total. The summed E-state index contributed by atoms with van der Waals surface area (Å²) >= 11 is 0. The van der Waals surface area contributed by atoms with E-state index in [1.165, 1.54) is 44.9 Å². The lowest BCUT2D eigenvalue weighted by Crippen LogP contribution is -2.40. The first kappa shape index (κ1) is 67.4. The molecule has 406 valence electrons. The fourth-order valence-corrected chi connectivity index (χ4v) is 6.90. The maximum Gasteiger partial charge on any atom is 0.361 e. The van der Waals surface area contributed by atoms with Crippen molar-refractivity contribution < 1.29 is 42.9 Å². The molecule has 0 bridgehead atoms. The number of carbonyl (C=O) groups excluding carboxylic acids is 2. The molecule has 0 heterocycles. The fraction of sp³-hybridized carbons (Fsp3) is 0.603. The van der Waals surface area contributed by atoms with E-state index in [-0.39, 0.29) is 38.6 Å². The topological polar surface area (TPSA) is 108 Å². The second kappa shape index (κ2) is 52.7. The zero-order valence-electron chi connectivity index (χ0n) is 46.0. The van der Waals surface area contributed by atoms with Gasteiger partial charge in [0, 0.05) is 12.8 Å². The third kappa shape index (κ3) is 53.2. The average molecular weight is 1000 g/mol. The minimum Gasteiger partial charge on any atom is -0.477 e. The summed E-state index contributed by atoms with van der Waals surface area (Å²) in [5, 5.41) is 9.66. The van der Waals surface area contributed by atoms with E-state index in [0.29, 0.717) is 17.4 Å². The number of carboxylic acids is 1. The number of nitrogens with zero attached hydrogens (tertiary/aromatic N) is 1. The maximum atomic E-state index is 12.8. The summed E-state index contributed by atoms with van der Waals surface area (Å²) in [5.41, 5.74) is 0. The first-order valence-electron chi connectivity index (χ1n) is 27.8. The molecule has 0 rings (SSSR count).